The van der Waals surface area contributed by atoms with E-state index in [2.05, 4.69) is 16.3 Å². The maximum absolute atomic E-state index is 13.1. The van der Waals surface area contributed by atoms with Gasteiger partial charge in [-0.05, 0) is 48.7 Å². The van der Waals surface area contributed by atoms with Crippen molar-refractivity contribution in [3.05, 3.63) is 70.3 Å². The second-order valence-electron chi connectivity index (χ2n) is 8.30. The van der Waals surface area contributed by atoms with Crippen molar-refractivity contribution in [3.63, 3.8) is 0 Å². The highest BCUT2D eigenvalue weighted by molar-refractivity contribution is 5.96. The van der Waals surface area contributed by atoms with Crippen LogP contribution in [0.1, 0.15) is 45.5 Å². The third-order valence-corrected chi connectivity index (χ3v) is 6.02. The molecular weight excluding hydrogens is 445 g/mol. The number of nitrogens with zero attached hydrogens (tertiary/aromatic N) is 3. The van der Waals surface area contributed by atoms with Crippen LogP contribution in [-0.2, 0) is 6.42 Å². The van der Waals surface area contributed by atoms with Crippen molar-refractivity contribution in [2.75, 3.05) is 19.7 Å². The second-order valence-corrected chi connectivity index (χ2v) is 8.30. The molecule has 176 valence electrons. The molecule has 0 unspecified atom stereocenters. The van der Waals surface area contributed by atoms with Gasteiger partial charge in [0.05, 0.1) is 17.3 Å². The Bertz CT molecular complexity index is 1240. The summed E-state index contributed by atoms with van der Waals surface area (Å²) < 4.78 is 42.4. The Morgan fingerprint density at radius 2 is 1.94 bits per heavy atom. The average molecular weight is 468 g/mol. The molecule has 3 aromatic rings. The van der Waals surface area contributed by atoms with Gasteiger partial charge in [0.1, 0.15) is 0 Å². The van der Waals surface area contributed by atoms with Crippen LogP contribution in [0.4, 0.5) is 13.2 Å². The van der Waals surface area contributed by atoms with E-state index in [-0.39, 0.29) is 17.7 Å². The molecule has 6 nitrogen and oxygen atoms in total. The summed E-state index contributed by atoms with van der Waals surface area (Å²) in [6, 6.07) is 14.9. The molecule has 0 aliphatic carbocycles. The number of aryl methyl sites for hydroxylation is 1. The van der Waals surface area contributed by atoms with E-state index in [4.69, 9.17) is 10.00 Å². The highest BCUT2D eigenvalue weighted by Gasteiger charge is 2.33. The normalized spacial score (nSPS) is 13.9. The van der Waals surface area contributed by atoms with Crippen LogP contribution in [0.2, 0.25) is 0 Å². The zero-order valence-electron chi connectivity index (χ0n) is 18.7. The first-order valence-electron chi connectivity index (χ1n) is 10.9. The third-order valence-electron chi connectivity index (χ3n) is 6.02. The van der Waals surface area contributed by atoms with Crippen molar-refractivity contribution in [3.8, 4) is 23.2 Å². The number of benzene rings is 2. The van der Waals surface area contributed by atoms with Crippen LogP contribution in [0.5, 0.6) is 5.88 Å². The monoisotopic (exact) mass is 468 g/mol. The van der Waals surface area contributed by atoms with Crippen LogP contribution in [0.3, 0.4) is 0 Å². The Morgan fingerprint density at radius 3 is 2.56 bits per heavy atom. The molecule has 34 heavy (non-hydrogen) atoms. The van der Waals surface area contributed by atoms with Gasteiger partial charge in [-0.1, -0.05) is 25.1 Å². The first-order valence-corrected chi connectivity index (χ1v) is 10.9. The molecule has 0 atom stereocenters. The van der Waals surface area contributed by atoms with Gasteiger partial charge in [0, 0.05) is 35.7 Å². The van der Waals surface area contributed by atoms with Crippen LogP contribution in [0.15, 0.2) is 42.5 Å². The van der Waals surface area contributed by atoms with E-state index in [0.29, 0.717) is 47.5 Å². The van der Waals surface area contributed by atoms with Crippen molar-refractivity contribution < 1.29 is 22.7 Å². The molecule has 1 aliphatic rings. The van der Waals surface area contributed by atoms with Crippen LogP contribution in [0.25, 0.3) is 11.3 Å². The minimum absolute atomic E-state index is 0.112. The lowest BCUT2D eigenvalue weighted by atomic mass is 9.90. The number of hydrogen-bond donors (Lipinski definition) is 1. The molecule has 1 aromatic heterocycles. The van der Waals surface area contributed by atoms with Crippen molar-refractivity contribution in [2.24, 2.45) is 0 Å². The number of carbonyl (C=O) groups excluding carboxylic acids is 1. The van der Waals surface area contributed by atoms with Crippen molar-refractivity contribution in [1.29, 1.82) is 5.26 Å². The summed E-state index contributed by atoms with van der Waals surface area (Å²) in [5.74, 6) is -0.00658. The maximum Gasteiger partial charge on any atom is 0.422 e. The zero-order valence-corrected chi connectivity index (χ0v) is 18.7. The number of nitrogens with one attached hydrogen (secondary N) is 1. The molecule has 1 aliphatic heterocycles. The average Bonchev–Trinajstić information content (AvgIpc) is 3.16. The van der Waals surface area contributed by atoms with Gasteiger partial charge in [0.25, 0.3) is 5.91 Å². The van der Waals surface area contributed by atoms with E-state index in [1.807, 2.05) is 25.1 Å². The maximum atomic E-state index is 13.1. The molecule has 2 heterocycles. The van der Waals surface area contributed by atoms with Crippen LogP contribution in [0, 0.1) is 18.3 Å². The van der Waals surface area contributed by atoms with Gasteiger partial charge in [-0.25, -0.2) is 0 Å². The number of likely N-dealkylation sites (tertiary alicyclic amines) is 1. The Labute approximate surface area is 195 Å². The number of aromatic nitrogens is 2. The lowest BCUT2D eigenvalue weighted by molar-refractivity contribution is -0.154. The highest BCUT2D eigenvalue weighted by Crippen LogP contribution is 2.33. The smallest absolute Gasteiger partial charge is 0.422 e. The molecule has 1 saturated heterocycles. The summed E-state index contributed by atoms with van der Waals surface area (Å²) in [7, 11) is 0. The molecule has 0 saturated carbocycles. The highest BCUT2D eigenvalue weighted by atomic mass is 19.4. The summed E-state index contributed by atoms with van der Waals surface area (Å²) in [5.41, 5.74) is 4.81. The Hall–Kier alpha value is -3.80. The van der Waals surface area contributed by atoms with E-state index in [0.717, 1.165) is 11.1 Å². The van der Waals surface area contributed by atoms with E-state index in [9.17, 15) is 18.0 Å². The number of aromatic amines is 1. The molecule has 1 fully saturated rings. The topological polar surface area (TPSA) is 82.0 Å². The number of H-pyrrole nitrogens is 1. The summed E-state index contributed by atoms with van der Waals surface area (Å²) >= 11 is 0. The molecule has 2 aromatic carbocycles. The standard InChI is InChI=1S/C25H23F3N4O2/c1-3-17-8-9-19(10-21(17)22-15(2)23(31-30-22)34-14-25(26,27)28)24(33)32-12-20(13-32)18-6-4-16(11-29)5-7-18/h4-10,20H,3,12-14H2,1-2H3,(H,30,31). The first kappa shape index (κ1) is 23.4. The van der Waals surface area contributed by atoms with E-state index < -0.39 is 12.8 Å². The summed E-state index contributed by atoms with van der Waals surface area (Å²) in [5, 5.41) is 15.6. The molecule has 1 N–H and O–H groups in total. The van der Waals surface area contributed by atoms with Crippen molar-refractivity contribution in [1.82, 2.24) is 15.1 Å². The predicted molar refractivity (Wildman–Crippen MR) is 119 cm³/mol. The van der Waals surface area contributed by atoms with E-state index in [1.54, 1.807) is 36.1 Å². The molecule has 0 spiro atoms. The number of nitriles is 1. The summed E-state index contributed by atoms with van der Waals surface area (Å²) in [6.07, 6.45) is -3.79. The quantitative estimate of drug-likeness (QED) is 0.552. The largest absolute Gasteiger partial charge is 0.467 e. The third kappa shape index (κ3) is 4.76. The fourth-order valence-corrected chi connectivity index (χ4v) is 4.05. The molecule has 9 heteroatoms. The lowest BCUT2D eigenvalue weighted by Gasteiger charge is -2.39. The van der Waals surface area contributed by atoms with Gasteiger partial charge in [0.15, 0.2) is 6.61 Å². The number of amides is 1. The number of carbonyl (C=O) groups is 1. The Balaban J connectivity index is 1.51. The zero-order chi connectivity index (χ0) is 24.5. The van der Waals surface area contributed by atoms with E-state index in [1.165, 1.54) is 0 Å². The van der Waals surface area contributed by atoms with Crippen molar-refractivity contribution >= 4 is 5.91 Å². The summed E-state index contributed by atoms with van der Waals surface area (Å²) in [4.78, 5) is 14.9. The van der Waals surface area contributed by atoms with Crippen LogP contribution >= 0.6 is 0 Å². The van der Waals surface area contributed by atoms with Gasteiger partial charge < -0.3 is 9.64 Å². The van der Waals surface area contributed by atoms with Gasteiger partial charge in [-0.15, -0.1) is 5.10 Å². The minimum Gasteiger partial charge on any atom is -0.467 e. The number of halogens is 3. The van der Waals surface area contributed by atoms with Gasteiger partial charge >= 0.3 is 6.18 Å². The Kier molecular flexibility index (Phi) is 6.33. The van der Waals surface area contributed by atoms with Crippen molar-refractivity contribution in [2.45, 2.75) is 32.4 Å². The Morgan fingerprint density at radius 1 is 1.24 bits per heavy atom. The molecular formula is C25H23F3N4O2. The number of hydrogen-bond acceptors (Lipinski definition) is 4. The van der Waals surface area contributed by atoms with Crippen LogP contribution < -0.4 is 4.74 Å². The minimum atomic E-state index is -4.46. The first-order chi connectivity index (χ1) is 16.2. The second kappa shape index (κ2) is 9.21. The number of alkyl halides is 3. The van der Waals surface area contributed by atoms with Gasteiger partial charge in [-0.3, -0.25) is 9.89 Å². The van der Waals surface area contributed by atoms with Gasteiger partial charge in [0.2, 0.25) is 5.88 Å². The number of ether oxygens (including phenoxy) is 1. The molecule has 0 bridgehead atoms. The predicted octanol–water partition coefficient (Wildman–Crippen LogP) is 5.00. The molecule has 4 rings (SSSR count). The number of rotatable bonds is 6. The van der Waals surface area contributed by atoms with Gasteiger partial charge in [-0.2, -0.15) is 18.4 Å². The fourth-order valence-electron chi connectivity index (χ4n) is 4.05. The van der Waals surface area contributed by atoms with E-state index >= 15 is 0 Å². The lowest BCUT2D eigenvalue weighted by Crippen LogP contribution is -2.48. The SMILES string of the molecule is CCc1ccc(C(=O)N2CC(c3ccc(C#N)cc3)C2)cc1-c1[nH]nc(OCC(F)(F)F)c1C. The molecule has 1 amide bonds. The fraction of sp³-hybridized carbons (Fsp3) is 0.320. The molecule has 0 radical (unpaired) electrons. The summed E-state index contributed by atoms with van der Waals surface area (Å²) in [6.45, 7) is 3.33. The van der Waals surface area contributed by atoms with Crippen LogP contribution in [-0.4, -0.2) is 46.9 Å².